The molecular weight excluding hydrogens is 483 g/mol. The summed E-state index contributed by atoms with van der Waals surface area (Å²) in [6.07, 6.45) is 2.58. The minimum absolute atomic E-state index is 0.116. The first-order valence-corrected chi connectivity index (χ1v) is 13.3. The van der Waals surface area contributed by atoms with E-state index in [1.807, 2.05) is 36.4 Å². The summed E-state index contributed by atoms with van der Waals surface area (Å²) in [5.74, 6) is 1.58. The van der Waals surface area contributed by atoms with E-state index in [4.69, 9.17) is 14.2 Å². The number of halogens is 1. The number of hydrogen-bond acceptors (Lipinski definition) is 4. The summed E-state index contributed by atoms with van der Waals surface area (Å²) in [5, 5.41) is 0. The highest BCUT2D eigenvalue weighted by molar-refractivity contribution is 5.87. The van der Waals surface area contributed by atoms with Gasteiger partial charge in [0.15, 0.2) is 17.6 Å². The lowest BCUT2D eigenvalue weighted by atomic mass is 9.83. The molecular formula is C31H36FN2O4+. The van der Waals surface area contributed by atoms with E-state index < -0.39 is 0 Å². The molecule has 6 nitrogen and oxygen atoms in total. The number of fused-ring (bicyclic) bond motifs is 3. The summed E-state index contributed by atoms with van der Waals surface area (Å²) in [5.41, 5.74) is 2.82. The van der Waals surface area contributed by atoms with E-state index in [0.717, 1.165) is 72.7 Å². The zero-order valence-corrected chi connectivity index (χ0v) is 22.1. The van der Waals surface area contributed by atoms with Crippen LogP contribution in [0.1, 0.15) is 24.0 Å². The Hall–Kier alpha value is -3.58. The van der Waals surface area contributed by atoms with Crippen molar-refractivity contribution in [2.45, 2.75) is 31.9 Å². The number of para-hydroxylation sites is 1. The second kappa shape index (κ2) is 11.4. The van der Waals surface area contributed by atoms with Crippen LogP contribution >= 0.6 is 0 Å². The smallest absolute Gasteiger partial charge is 0.415 e. The molecule has 1 amide bonds. The fraction of sp³-hybridized carbons (Fsp3) is 0.387. The fourth-order valence-corrected chi connectivity index (χ4v) is 5.91. The van der Waals surface area contributed by atoms with Crippen molar-refractivity contribution in [3.63, 3.8) is 0 Å². The Labute approximate surface area is 224 Å². The van der Waals surface area contributed by atoms with Gasteiger partial charge < -0.3 is 18.7 Å². The van der Waals surface area contributed by atoms with Crippen LogP contribution in [0.15, 0.2) is 72.8 Å². The lowest BCUT2D eigenvalue weighted by molar-refractivity contribution is -0.945. The molecule has 6 rings (SSSR count). The molecule has 1 atom stereocenters. The normalized spacial score (nSPS) is 22.1. The molecule has 3 heterocycles. The molecule has 0 saturated carbocycles. The maximum absolute atomic E-state index is 13.6. The second-order valence-electron chi connectivity index (χ2n) is 10.4. The minimum Gasteiger partial charge on any atom is -0.493 e. The molecule has 0 aromatic heterocycles. The predicted octanol–water partition coefficient (Wildman–Crippen LogP) is 5.84. The van der Waals surface area contributed by atoms with Crippen molar-refractivity contribution in [3.8, 4) is 11.5 Å². The van der Waals surface area contributed by atoms with Crippen molar-refractivity contribution >= 4 is 11.8 Å². The highest BCUT2D eigenvalue weighted by atomic mass is 19.1. The summed E-state index contributed by atoms with van der Waals surface area (Å²) < 4.78 is 31.5. The van der Waals surface area contributed by atoms with Gasteiger partial charge in [0.1, 0.15) is 12.4 Å². The van der Waals surface area contributed by atoms with Gasteiger partial charge in [-0.15, -0.1) is 0 Å². The van der Waals surface area contributed by atoms with Crippen molar-refractivity contribution < 1.29 is 27.9 Å². The number of nitrogens with zero attached hydrogens (tertiary/aromatic N) is 2. The van der Waals surface area contributed by atoms with Crippen molar-refractivity contribution in [1.29, 1.82) is 0 Å². The Bertz CT molecular complexity index is 1230. The van der Waals surface area contributed by atoms with Gasteiger partial charge in [0, 0.05) is 30.9 Å². The van der Waals surface area contributed by atoms with E-state index in [-0.39, 0.29) is 18.0 Å². The molecule has 7 heteroatoms. The number of amides is 1. The second-order valence-corrected chi connectivity index (χ2v) is 10.4. The van der Waals surface area contributed by atoms with Crippen molar-refractivity contribution in [1.82, 2.24) is 0 Å². The SMILES string of the molecule is COc1ccc(CC[N+]23CCC(CC2)[C@@H](OC(=O)N(Cc2ccc(F)cc2)c2ccccc2)C3)cc1OC. The van der Waals surface area contributed by atoms with Crippen LogP contribution < -0.4 is 14.4 Å². The number of benzene rings is 3. The van der Waals surface area contributed by atoms with E-state index in [0.29, 0.717) is 12.5 Å². The predicted molar refractivity (Wildman–Crippen MR) is 145 cm³/mol. The van der Waals surface area contributed by atoms with Crippen LogP contribution in [0.3, 0.4) is 0 Å². The summed E-state index contributed by atoms with van der Waals surface area (Å²) in [4.78, 5) is 15.2. The molecule has 3 aromatic rings. The van der Waals surface area contributed by atoms with Gasteiger partial charge in [0.2, 0.25) is 0 Å². The first kappa shape index (κ1) is 26.0. The lowest BCUT2D eigenvalue weighted by Gasteiger charge is -2.52. The Morgan fingerprint density at radius 1 is 0.921 bits per heavy atom. The number of carbonyl (C=O) groups excluding carboxylic acids is 1. The van der Waals surface area contributed by atoms with Crippen LogP contribution in [0, 0.1) is 11.7 Å². The fourth-order valence-electron chi connectivity index (χ4n) is 5.91. The monoisotopic (exact) mass is 519 g/mol. The largest absolute Gasteiger partial charge is 0.493 e. The Morgan fingerprint density at radius 2 is 1.61 bits per heavy atom. The van der Waals surface area contributed by atoms with Crippen LogP contribution in [0.2, 0.25) is 0 Å². The lowest BCUT2D eigenvalue weighted by Crippen LogP contribution is -2.65. The van der Waals surface area contributed by atoms with Crippen molar-refractivity contribution in [2.24, 2.45) is 5.92 Å². The average Bonchev–Trinajstić information content (AvgIpc) is 2.96. The molecule has 3 saturated heterocycles. The van der Waals surface area contributed by atoms with Gasteiger partial charge >= 0.3 is 6.09 Å². The van der Waals surface area contributed by atoms with E-state index in [1.54, 1.807) is 31.3 Å². The highest BCUT2D eigenvalue weighted by Crippen LogP contribution is 2.37. The molecule has 3 aliphatic heterocycles. The van der Waals surface area contributed by atoms with Crippen LogP contribution in [0.4, 0.5) is 14.9 Å². The molecule has 0 aliphatic carbocycles. The number of hydrogen-bond donors (Lipinski definition) is 0. The number of ether oxygens (including phenoxy) is 3. The van der Waals surface area contributed by atoms with E-state index in [1.165, 1.54) is 17.7 Å². The topological polar surface area (TPSA) is 48.0 Å². The van der Waals surface area contributed by atoms with Gasteiger partial charge in [0.05, 0.1) is 40.4 Å². The van der Waals surface area contributed by atoms with Gasteiger partial charge in [-0.05, 0) is 47.5 Å². The molecule has 0 N–H and O–H groups in total. The Kier molecular flexibility index (Phi) is 7.84. The van der Waals surface area contributed by atoms with Crippen LogP contribution in [0.25, 0.3) is 0 Å². The molecule has 38 heavy (non-hydrogen) atoms. The average molecular weight is 520 g/mol. The van der Waals surface area contributed by atoms with Crippen molar-refractivity contribution in [3.05, 3.63) is 89.7 Å². The number of anilines is 1. The first-order chi connectivity index (χ1) is 18.5. The van der Waals surface area contributed by atoms with Gasteiger partial charge in [-0.25, -0.2) is 9.18 Å². The molecule has 0 radical (unpaired) electrons. The first-order valence-electron chi connectivity index (χ1n) is 13.3. The molecule has 2 bridgehead atoms. The third-order valence-corrected chi connectivity index (χ3v) is 8.16. The summed E-state index contributed by atoms with van der Waals surface area (Å²) in [7, 11) is 3.31. The third kappa shape index (κ3) is 5.78. The zero-order chi connectivity index (χ0) is 26.5. The zero-order valence-electron chi connectivity index (χ0n) is 22.1. The number of methoxy groups -OCH3 is 2. The quantitative estimate of drug-likeness (QED) is 0.334. The summed E-state index contributed by atoms with van der Waals surface area (Å²) in [6, 6.07) is 21.9. The number of quaternary nitrogens is 1. The van der Waals surface area contributed by atoms with Gasteiger partial charge in [-0.3, -0.25) is 4.90 Å². The molecule has 3 aromatic carbocycles. The van der Waals surface area contributed by atoms with E-state index in [2.05, 4.69) is 12.1 Å². The maximum atomic E-state index is 13.6. The van der Waals surface area contributed by atoms with Gasteiger partial charge in [-0.1, -0.05) is 36.4 Å². The highest BCUT2D eigenvalue weighted by Gasteiger charge is 2.47. The van der Waals surface area contributed by atoms with Crippen LogP contribution in [-0.2, 0) is 17.7 Å². The molecule has 0 spiro atoms. The number of piperidine rings is 3. The third-order valence-electron chi connectivity index (χ3n) is 8.16. The van der Waals surface area contributed by atoms with E-state index in [9.17, 15) is 9.18 Å². The molecule has 200 valence electrons. The number of carbonyl (C=O) groups is 1. The van der Waals surface area contributed by atoms with E-state index >= 15 is 0 Å². The Balaban J connectivity index is 1.27. The van der Waals surface area contributed by atoms with Crippen LogP contribution in [-0.4, -0.2) is 57.1 Å². The standard InChI is InChI=1S/C31H36FN2O4/c1-36-28-13-10-23(20-29(28)37-2)14-17-34-18-15-25(16-19-34)30(22-34)38-31(35)33(27-6-4-3-5-7-27)21-24-8-11-26(32)12-9-24/h3-13,20,25,30H,14-19,21-22H2,1-2H3/q+1/t25?,30-,34?/m0/s1. The Morgan fingerprint density at radius 3 is 2.29 bits per heavy atom. The summed E-state index contributed by atoms with van der Waals surface area (Å²) in [6.45, 7) is 4.38. The number of rotatable bonds is 9. The van der Waals surface area contributed by atoms with Gasteiger partial charge in [0.25, 0.3) is 0 Å². The molecule has 3 fully saturated rings. The van der Waals surface area contributed by atoms with Crippen molar-refractivity contribution in [2.75, 3.05) is 45.3 Å². The maximum Gasteiger partial charge on any atom is 0.415 e. The van der Waals surface area contributed by atoms with Gasteiger partial charge in [-0.2, -0.15) is 0 Å². The van der Waals surface area contributed by atoms with Crippen LogP contribution in [0.5, 0.6) is 11.5 Å². The minimum atomic E-state index is -0.350. The summed E-state index contributed by atoms with van der Waals surface area (Å²) >= 11 is 0. The molecule has 3 aliphatic rings. The molecule has 0 unspecified atom stereocenters.